The Morgan fingerprint density at radius 2 is 1.85 bits per heavy atom. The average Bonchev–Trinajstić information content (AvgIpc) is 3.08. The standard InChI is InChI=1S/C18H23N5O3S/c1-21-16-15(17(24)22(2)18(21)25)23(12-20-16)10-9-19-14(11-27(3)26)13-7-5-4-6-8-13/h4-8,12,14,19H,9-11H2,1-3H3/t14-,27+/m0/s1. The lowest BCUT2D eigenvalue weighted by molar-refractivity contribution is 0.536. The molecule has 0 saturated heterocycles. The Hall–Kier alpha value is -2.52. The molecule has 0 aliphatic rings. The minimum atomic E-state index is -0.944. The van der Waals surface area contributed by atoms with Crippen molar-refractivity contribution in [1.82, 2.24) is 24.0 Å². The van der Waals surface area contributed by atoms with Gasteiger partial charge in [0.15, 0.2) is 11.2 Å². The highest BCUT2D eigenvalue weighted by Gasteiger charge is 2.15. The zero-order chi connectivity index (χ0) is 19.6. The van der Waals surface area contributed by atoms with Gasteiger partial charge in [-0.15, -0.1) is 0 Å². The average molecular weight is 389 g/mol. The summed E-state index contributed by atoms with van der Waals surface area (Å²) in [6.07, 6.45) is 3.26. The number of fused-ring (bicyclic) bond motifs is 1. The number of benzene rings is 1. The van der Waals surface area contributed by atoms with Crippen LogP contribution in [0.15, 0.2) is 46.2 Å². The molecule has 1 N–H and O–H groups in total. The van der Waals surface area contributed by atoms with Gasteiger partial charge >= 0.3 is 5.69 Å². The number of imidazole rings is 1. The van der Waals surface area contributed by atoms with E-state index in [1.165, 1.54) is 11.6 Å². The maximum Gasteiger partial charge on any atom is 0.332 e. The normalized spacial score (nSPS) is 13.7. The van der Waals surface area contributed by atoms with Crippen molar-refractivity contribution in [2.24, 2.45) is 14.1 Å². The molecular weight excluding hydrogens is 366 g/mol. The predicted molar refractivity (Wildman–Crippen MR) is 106 cm³/mol. The van der Waals surface area contributed by atoms with Gasteiger partial charge in [-0.25, -0.2) is 9.78 Å². The fourth-order valence-corrected chi connectivity index (χ4v) is 3.90. The Kier molecular flexibility index (Phi) is 5.71. The van der Waals surface area contributed by atoms with Crippen LogP contribution >= 0.6 is 0 Å². The number of aryl methyl sites for hydroxylation is 1. The molecule has 9 heteroatoms. The van der Waals surface area contributed by atoms with Crippen LogP contribution in [-0.2, 0) is 31.4 Å². The molecular formula is C18H23N5O3S. The SMILES string of the molecule is Cn1c(=O)c2c(ncn2CCN[C@@H](C[S@@](C)=O)c2ccccc2)n(C)c1=O. The lowest BCUT2D eigenvalue weighted by Crippen LogP contribution is -2.38. The minimum Gasteiger partial charge on any atom is -0.323 e. The number of rotatable bonds is 7. The van der Waals surface area contributed by atoms with E-state index in [4.69, 9.17) is 0 Å². The molecule has 3 aromatic rings. The van der Waals surface area contributed by atoms with Crippen molar-refractivity contribution >= 4 is 22.0 Å². The Morgan fingerprint density at radius 3 is 2.52 bits per heavy atom. The van der Waals surface area contributed by atoms with Crippen molar-refractivity contribution in [3.63, 3.8) is 0 Å². The minimum absolute atomic E-state index is 0.0426. The maximum atomic E-state index is 12.5. The molecule has 0 spiro atoms. The quantitative estimate of drug-likeness (QED) is 0.621. The van der Waals surface area contributed by atoms with Crippen molar-refractivity contribution in [3.8, 4) is 0 Å². The second-order valence-electron chi connectivity index (χ2n) is 6.47. The molecule has 0 fully saturated rings. The summed E-state index contributed by atoms with van der Waals surface area (Å²) in [6.45, 7) is 1.07. The number of aromatic nitrogens is 4. The van der Waals surface area contributed by atoms with Crippen molar-refractivity contribution in [1.29, 1.82) is 0 Å². The first-order valence-electron chi connectivity index (χ1n) is 8.59. The molecule has 2 heterocycles. The van der Waals surface area contributed by atoms with Crippen LogP contribution in [0.5, 0.6) is 0 Å². The first kappa shape index (κ1) is 19.2. The van der Waals surface area contributed by atoms with Gasteiger partial charge in [0.2, 0.25) is 0 Å². The Bertz CT molecular complexity index is 1080. The molecule has 0 saturated carbocycles. The van der Waals surface area contributed by atoms with Crippen LogP contribution in [0.4, 0.5) is 0 Å². The highest BCUT2D eigenvalue weighted by atomic mass is 32.2. The molecule has 1 aromatic carbocycles. The molecule has 2 aromatic heterocycles. The second kappa shape index (κ2) is 8.01. The van der Waals surface area contributed by atoms with Crippen molar-refractivity contribution in [2.45, 2.75) is 12.6 Å². The molecule has 0 bridgehead atoms. The van der Waals surface area contributed by atoms with Gasteiger partial charge in [-0.2, -0.15) is 0 Å². The number of hydrogen-bond acceptors (Lipinski definition) is 5. The fourth-order valence-electron chi connectivity index (χ4n) is 3.12. The molecule has 0 unspecified atom stereocenters. The third-order valence-electron chi connectivity index (χ3n) is 4.56. The molecule has 144 valence electrons. The van der Waals surface area contributed by atoms with E-state index in [9.17, 15) is 13.8 Å². The van der Waals surface area contributed by atoms with Crippen LogP contribution in [0.25, 0.3) is 11.2 Å². The predicted octanol–water partition coefficient (Wildman–Crippen LogP) is 0.143. The summed E-state index contributed by atoms with van der Waals surface area (Å²) >= 11 is 0. The first-order chi connectivity index (χ1) is 12.9. The second-order valence-corrected chi connectivity index (χ2v) is 7.95. The topological polar surface area (TPSA) is 90.9 Å². The highest BCUT2D eigenvalue weighted by Crippen LogP contribution is 2.13. The van der Waals surface area contributed by atoms with Crippen LogP contribution in [0.2, 0.25) is 0 Å². The lowest BCUT2D eigenvalue weighted by atomic mass is 10.1. The van der Waals surface area contributed by atoms with Crippen LogP contribution in [0, 0.1) is 0 Å². The monoisotopic (exact) mass is 389 g/mol. The van der Waals surface area contributed by atoms with Gasteiger partial charge in [0.1, 0.15) is 0 Å². The van der Waals surface area contributed by atoms with Gasteiger partial charge in [0.25, 0.3) is 5.56 Å². The summed E-state index contributed by atoms with van der Waals surface area (Å²) in [5.41, 5.74) is 1.08. The molecule has 2 atom stereocenters. The van der Waals surface area contributed by atoms with Crippen molar-refractivity contribution in [3.05, 3.63) is 63.1 Å². The van der Waals surface area contributed by atoms with E-state index in [0.29, 0.717) is 30.0 Å². The number of nitrogens with one attached hydrogen (secondary N) is 1. The summed E-state index contributed by atoms with van der Waals surface area (Å²) in [4.78, 5) is 28.7. The summed E-state index contributed by atoms with van der Waals surface area (Å²) in [5.74, 6) is 0.505. The summed E-state index contributed by atoms with van der Waals surface area (Å²) in [6, 6.07) is 9.82. The molecule has 3 rings (SSSR count). The first-order valence-corrected chi connectivity index (χ1v) is 10.3. The number of nitrogens with zero attached hydrogens (tertiary/aromatic N) is 4. The zero-order valence-electron chi connectivity index (χ0n) is 15.6. The summed E-state index contributed by atoms with van der Waals surface area (Å²) < 4.78 is 15.9. The third-order valence-corrected chi connectivity index (χ3v) is 5.37. The zero-order valence-corrected chi connectivity index (χ0v) is 16.4. The Labute approximate surface area is 158 Å². The molecule has 0 amide bonds. The lowest BCUT2D eigenvalue weighted by Gasteiger charge is -2.18. The van der Waals surface area contributed by atoms with E-state index in [1.54, 1.807) is 24.2 Å². The maximum absolute atomic E-state index is 12.5. The third kappa shape index (κ3) is 3.93. The van der Waals surface area contributed by atoms with E-state index >= 15 is 0 Å². The van der Waals surface area contributed by atoms with Gasteiger partial charge in [-0.3, -0.25) is 18.1 Å². The van der Waals surface area contributed by atoms with E-state index in [1.807, 2.05) is 30.3 Å². The van der Waals surface area contributed by atoms with Gasteiger partial charge in [0.05, 0.1) is 6.33 Å². The molecule has 8 nitrogen and oxygen atoms in total. The van der Waals surface area contributed by atoms with E-state index in [-0.39, 0.29) is 11.6 Å². The summed E-state index contributed by atoms with van der Waals surface area (Å²) in [5, 5.41) is 3.41. The van der Waals surface area contributed by atoms with E-state index < -0.39 is 16.5 Å². The van der Waals surface area contributed by atoms with Crippen molar-refractivity contribution in [2.75, 3.05) is 18.6 Å². The smallest absolute Gasteiger partial charge is 0.323 e. The molecule has 27 heavy (non-hydrogen) atoms. The van der Waals surface area contributed by atoms with Crippen LogP contribution in [0.3, 0.4) is 0 Å². The summed E-state index contributed by atoms with van der Waals surface area (Å²) in [7, 11) is 2.11. The van der Waals surface area contributed by atoms with Gasteiger partial charge < -0.3 is 9.88 Å². The molecule has 0 radical (unpaired) electrons. The van der Waals surface area contributed by atoms with Crippen LogP contribution in [0.1, 0.15) is 11.6 Å². The largest absolute Gasteiger partial charge is 0.332 e. The van der Waals surface area contributed by atoms with Crippen molar-refractivity contribution < 1.29 is 4.21 Å². The van der Waals surface area contributed by atoms with Crippen LogP contribution < -0.4 is 16.6 Å². The van der Waals surface area contributed by atoms with Gasteiger partial charge in [0, 0.05) is 56.0 Å². The van der Waals surface area contributed by atoms with E-state index in [0.717, 1.165) is 10.1 Å². The molecule has 0 aliphatic heterocycles. The van der Waals surface area contributed by atoms with E-state index in [2.05, 4.69) is 10.3 Å². The highest BCUT2D eigenvalue weighted by molar-refractivity contribution is 7.84. The van der Waals surface area contributed by atoms with Crippen LogP contribution in [-0.4, -0.2) is 41.4 Å². The van der Waals surface area contributed by atoms with Gasteiger partial charge in [-0.05, 0) is 5.56 Å². The fraction of sp³-hybridized carbons (Fsp3) is 0.389. The Balaban J connectivity index is 1.81. The Morgan fingerprint density at radius 1 is 1.15 bits per heavy atom. The molecule has 0 aliphatic carbocycles. The number of hydrogen-bond donors (Lipinski definition) is 1. The van der Waals surface area contributed by atoms with Gasteiger partial charge in [-0.1, -0.05) is 30.3 Å².